The van der Waals surface area contributed by atoms with Gasteiger partial charge in [-0.25, -0.2) is 13.5 Å². The van der Waals surface area contributed by atoms with Gasteiger partial charge in [0.2, 0.25) is 11.7 Å². The lowest BCUT2D eigenvalue weighted by Crippen LogP contribution is -3.13. The molecule has 0 spiro atoms. The zero-order valence-electron chi connectivity index (χ0n) is 16.3. The van der Waals surface area contributed by atoms with Crippen LogP contribution in [0, 0.1) is 17.6 Å². The minimum Gasteiger partial charge on any atom is -0.369 e. The van der Waals surface area contributed by atoms with Crippen LogP contribution < -0.4 is 10.6 Å². The monoisotopic (exact) mass is 413 g/mol. The van der Waals surface area contributed by atoms with Gasteiger partial charge in [0.1, 0.15) is 11.6 Å². The first kappa shape index (κ1) is 20.1. The number of nitrogens with one attached hydrogen (secondary N) is 1. The van der Waals surface area contributed by atoms with Crippen molar-refractivity contribution in [2.45, 2.75) is 25.4 Å². The molecule has 3 aromatic rings. The lowest BCUT2D eigenvalue weighted by atomic mass is 9.93. The van der Waals surface area contributed by atoms with E-state index in [0.717, 1.165) is 24.2 Å². The van der Waals surface area contributed by atoms with Crippen LogP contribution in [0.15, 0.2) is 48.5 Å². The number of tetrazole rings is 1. The summed E-state index contributed by atoms with van der Waals surface area (Å²) in [7, 11) is 0. The van der Waals surface area contributed by atoms with Crippen LogP contribution in [0.25, 0.3) is 0 Å². The number of carbonyl (C=O) groups is 1. The molecular weight excluding hydrogens is 390 g/mol. The van der Waals surface area contributed by atoms with Crippen LogP contribution in [0.5, 0.6) is 0 Å². The van der Waals surface area contributed by atoms with Crippen LogP contribution in [0.4, 0.5) is 8.78 Å². The van der Waals surface area contributed by atoms with Crippen molar-refractivity contribution in [3.63, 3.8) is 0 Å². The molecule has 2 aromatic carbocycles. The van der Waals surface area contributed by atoms with Crippen LogP contribution in [0.1, 0.15) is 35.8 Å². The van der Waals surface area contributed by atoms with Gasteiger partial charge in [-0.1, -0.05) is 12.1 Å². The van der Waals surface area contributed by atoms with Crippen LogP contribution in [-0.4, -0.2) is 39.2 Å². The summed E-state index contributed by atoms with van der Waals surface area (Å²) in [4.78, 5) is 12.7. The summed E-state index contributed by atoms with van der Waals surface area (Å²) in [5.74, 6) is -0.378. The Morgan fingerprint density at radius 1 is 1.07 bits per heavy atom. The quantitative estimate of drug-likeness (QED) is 0.627. The Morgan fingerprint density at radius 2 is 1.67 bits per heavy atom. The van der Waals surface area contributed by atoms with E-state index < -0.39 is 0 Å². The van der Waals surface area contributed by atoms with Gasteiger partial charge in [-0.05, 0) is 52.4 Å². The summed E-state index contributed by atoms with van der Waals surface area (Å²) in [5.41, 5.74) is 7.23. The van der Waals surface area contributed by atoms with E-state index in [1.165, 1.54) is 29.2 Å². The smallest absolute Gasteiger partial charge is 0.220 e. The predicted molar refractivity (Wildman–Crippen MR) is 104 cm³/mol. The number of likely N-dealkylation sites (tertiary alicyclic amines) is 1. The molecule has 0 radical (unpaired) electrons. The van der Waals surface area contributed by atoms with E-state index in [4.69, 9.17) is 5.73 Å². The molecule has 9 heteroatoms. The number of hydrogen-bond donors (Lipinski definition) is 2. The third-order valence-electron chi connectivity index (χ3n) is 5.71. The van der Waals surface area contributed by atoms with Gasteiger partial charge in [0.25, 0.3) is 0 Å². The van der Waals surface area contributed by atoms with Crippen molar-refractivity contribution in [2.75, 3.05) is 13.1 Å². The average molecular weight is 413 g/mol. The number of rotatable bonds is 6. The molecule has 4 rings (SSSR count). The molecule has 1 fully saturated rings. The minimum absolute atomic E-state index is 0.127. The van der Waals surface area contributed by atoms with Crippen LogP contribution in [-0.2, 0) is 11.3 Å². The van der Waals surface area contributed by atoms with Gasteiger partial charge in [0, 0.05) is 24.3 Å². The van der Waals surface area contributed by atoms with Gasteiger partial charge in [-0.15, -0.1) is 5.10 Å². The minimum atomic E-state index is -0.314. The number of quaternary nitrogens is 1. The summed E-state index contributed by atoms with van der Waals surface area (Å²) < 4.78 is 28.5. The molecule has 1 aliphatic rings. The van der Waals surface area contributed by atoms with Crippen LogP contribution in [0.2, 0.25) is 0 Å². The second-order valence-corrected chi connectivity index (χ2v) is 7.64. The lowest BCUT2D eigenvalue weighted by Gasteiger charge is -2.33. The van der Waals surface area contributed by atoms with Gasteiger partial charge in [0.05, 0.1) is 19.6 Å². The summed E-state index contributed by atoms with van der Waals surface area (Å²) in [6.45, 7) is 1.83. The highest BCUT2D eigenvalue weighted by atomic mass is 19.1. The number of nitrogens with zero attached hydrogens (tertiary/aromatic N) is 4. The second-order valence-electron chi connectivity index (χ2n) is 7.64. The molecule has 30 heavy (non-hydrogen) atoms. The molecule has 0 aliphatic carbocycles. The SMILES string of the molecule is NC(=O)C1CC[NH+]([C@@H](c2ccc(F)cc2)c2nnnn2Cc2ccc(F)cc2)CC1. The number of primary amides is 1. The Hall–Kier alpha value is -3.20. The number of aromatic nitrogens is 4. The Bertz CT molecular complexity index is 997. The molecule has 0 unspecified atom stereocenters. The first-order valence-corrected chi connectivity index (χ1v) is 9.91. The zero-order chi connectivity index (χ0) is 21.1. The topological polar surface area (TPSA) is 91.1 Å². The average Bonchev–Trinajstić information content (AvgIpc) is 3.19. The van der Waals surface area contributed by atoms with Crippen molar-refractivity contribution < 1.29 is 18.5 Å². The molecule has 156 valence electrons. The van der Waals surface area contributed by atoms with Crippen molar-refractivity contribution in [1.82, 2.24) is 20.2 Å². The highest BCUT2D eigenvalue weighted by Crippen LogP contribution is 2.20. The number of piperidine rings is 1. The summed E-state index contributed by atoms with van der Waals surface area (Å²) >= 11 is 0. The second kappa shape index (κ2) is 8.66. The predicted octanol–water partition coefficient (Wildman–Crippen LogP) is 0.869. The van der Waals surface area contributed by atoms with E-state index >= 15 is 0 Å². The van der Waals surface area contributed by atoms with E-state index in [1.807, 2.05) is 0 Å². The maximum absolute atomic E-state index is 13.5. The highest BCUT2D eigenvalue weighted by Gasteiger charge is 2.36. The molecule has 7 nitrogen and oxygen atoms in total. The third kappa shape index (κ3) is 4.35. The normalized spacial score (nSPS) is 20.1. The number of hydrogen-bond acceptors (Lipinski definition) is 4. The fraction of sp³-hybridized carbons (Fsp3) is 0.333. The molecule has 1 aliphatic heterocycles. The van der Waals surface area contributed by atoms with Gasteiger partial charge >= 0.3 is 0 Å². The van der Waals surface area contributed by atoms with Gasteiger partial charge in [0.15, 0.2) is 6.04 Å². The standard InChI is InChI=1S/C21H22F2N6O/c22-17-5-1-14(2-6-17)13-29-21(25-26-27-29)19(15-3-7-18(23)8-4-15)28-11-9-16(10-12-28)20(24)30/h1-8,16,19H,9-13H2,(H2,24,30)/p+1/t19-/m0/s1. The molecule has 1 amide bonds. The number of nitrogens with two attached hydrogens (primary N) is 1. The van der Waals surface area contributed by atoms with Gasteiger partial charge < -0.3 is 10.6 Å². The Labute approximate surface area is 172 Å². The molecule has 2 heterocycles. The summed E-state index contributed by atoms with van der Waals surface area (Å²) in [5, 5.41) is 12.3. The van der Waals surface area contributed by atoms with Crippen molar-refractivity contribution >= 4 is 5.91 Å². The zero-order valence-corrected chi connectivity index (χ0v) is 16.3. The first-order valence-electron chi connectivity index (χ1n) is 9.91. The van der Waals surface area contributed by atoms with Crippen molar-refractivity contribution in [1.29, 1.82) is 0 Å². The van der Waals surface area contributed by atoms with E-state index in [9.17, 15) is 13.6 Å². The third-order valence-corrected chi connectivity index (χ3v) is 5.71. The fourth-order valence-corrected chi connectivity index (χ4v) is 4.08. The molecule has 3 N–H and O–H groups in total. The Kier molecular flexibility index (Phi) is 5.80. The number of amides is 1. The van der Waals surface area contributed by atoms with Gasteiger partial charge in [-0.3, -0.25) is 4.79 Å². The number of halogens is 2. The maximum atomic E-state index is 13.5. The first-order chi connectivity index (χ1) is 14.5. The molecular formula is C21H23F2N6O+. The molecule has 1 atom stereocenters. The fourth-order valence-electron chi connectivity index (χ4n) is 4.08. The molecule has 0 saturated carbocycles. The summed E-state index contributed by atoms with van der Waals surface area (Å²) in [6, 6.07) is 12.3. The Morgan fingerprint density at radius 3 is 2.27 bits per heavy atom. The van der Waals surface area contributed by atoms with E-state index in [1.54, 1.807) is 28.9 Å². The van der Waals surface area contributed by atoms with Gasteiger partial charge in [-0.2, -0.15) is 0 Å². The molecule has 0 bridgehead atoms. The van der Waals surface area contributed by atoms with E-state index in [2.05, 4.69) is 15.5 Å². The largest absolute Gasteiger partial charge is 0.369 e. The highest BCUT2D eigenvalue weighted by molar-refractivity contribution is 5.76. The lowest BCUT2D eigenvalue weighted by molar-refractivity contribution is -0.931. The van der Waals surface area contributed by atoms with E-state index in [-0.39, 0.29) is 29.5 Å². The molecule has 1 saturated heterocycles. The number of benzene rings is 2. The molecule has 1 aromatic heterocycles. The van der Waals surface area contributed by atoms with E-state index in [0.29, 0.717) is 25.2 Å². The summed E-state index contributed by atoms with van der Waals surface area (Å²) in [6.07, 6.45) is 1.36. The van der Waals surface area contributed by atoms with Crippen LogP contribution in [0.3, 0.4) is 0 Å². The Balaban J connectivity index is 1.65. The maximum Gasteiger partial charge on any atom is 0.220 e. The number of carbonyl (C=O) groups excluding carboxylic acids is 1. The van der Waals surface area contributed by atoms with Crippen LogP contribution >= 0.6 is 0 Å². The van der Waals surface area contributed by atoms with Crippen molar-refractivity contribution in [3.8, 4) is 0 Å². The van der Waals surface area contributed by atoms with Crippen molar-refractivity contribution in [3.05, 3.63) is 77.1 Å². The van der Waals surface area contributed by atoms with Crippen molar-refractivity contribution in [2.24, 2.45) is 11.7 Å².